The molecule has 0 saturated carbocycles. The lowest BCUT2D eigenvalue weighted by Gasteiger charge is -2.43. The van der Waals surface area contributed by atoms with Crippen molar-refractivity contribution in [3.8, 4) is 0 Å². The van der Waals surface area contributed by atoms with E-state index in [1.54, 1.807) is 20.8 Å². The van der Waals surface area contributed by atoms with E-state index in [4.69, 9.17) is 18.1 Å². The van der Waals surface area contributed by atoms with E-state index in [9.17, 15) is 27.6 Å². The summed E-state index contributed by atoms with van der Waals surface area (Å²) in [6.07, 6.45) is 2.75. The number of esters is 1. The van der Waals surface area contributed by atoms with Gasteiger partial charge in [0.15, 0.2) is 0 Å². The minimum atomic E-state index is -3.99. The van der Waals surface area contributed by atoms with Crippen molar-refractivity contribution in [1.29, 1.82) is 0 Å². The molecule has 3 amide bonds. The van der Waals surface area contributed by atoms with Gasteiger partial charge in [-0.15, -0.1) is 0 Å². The molecule has 53 heavy (non-hydrogen) atoms. The Hall–Kier alpha value is -3.69. The highest BCUT2D eigenvalue weighted by molar-refractivity contribution is 7.86. The summed E-state index contributed by atoms with van der Waals surface area (Å²) < 4.78 is 49.5. The van der Waals surface area contributed by atoms with Crippen LogP contribution in [0, 0.1) is 5.41 Å². The number of amides is 3. The van der Waals surface area contributed by atoms with Gasteiger partial charge in [0.2, 0.25) is 5.91 Å². The Kier molecular flexibility index (Phi) is 13.3. The third-order valence-electron chi connectivity index (χ3n) is 9.31. The number of rotatable bonds is 17. The zero-order valence-electron chi connectivity index (χ0n) is 32.1. The minimum absolute atomic E-state index is 0.0220. The predicted molar refractivity (Wildman–Crippen MR) is 203 cm³/mol. The van der Waals surface area contributed by atoms with E-state index >= 15 is 0 Å². The Bertz CT molecular complexity index is 1690. The van der Waals surface area contributed by atoms with Crippen LogP contribution in [-0.2, 0) is 47.4 Å². The van der Waals surface area contributed by atoms with Crippen LogP contribution < -0.4 is 10.4 Å². The van der Waals surface area contributed by atoms with Crippen LogP contribution in [0.15, 0.2) is 72.8 Å². The van der Waals surface area contributed by atoms with Gasteiger partial charge in [0.05, 0.1) is 31.6 Å². The molecular weight excluding hydrogens is 717 g/mol. The van der Waals surface area contributed by atoms with Crippen LogP contribution in [0.2, 0.25) is 5.04 Å². The van der Waals surface area contributed by atoms with Crippen LogP contribution in [0.25, 0.3) is 0 Å². The summed E-state index contributed by atoms with van der Waals surface area (Å²) in [5, 5.41) is 2.13. The Morgan fingerprint density at radius 2 is 1.38 bits per heavy atom. The summed E-state index contributed by atoms with van der Waals surface area (Å²) in [7, 11) is -6.75. The highest BCUT2D eigenvalue weighted by atomic mass is 32.2. The van der Waals surface area contributed by atoms with Gasteiger partial charge in [0.1, 0.15) is 18.2 Å². The molecule has 0 N–H and O–H groups in total. The normalized spacial score (nSPS) is 18.7. The number of imide groups is 1. The molecule has 2 aromatic carbocycles. The zero-order chi connectivity index (χ0) is 39.2. The number of likely N-dealkylation sites (tertiary alicyclic amines) is 1. The minimum Gasteiger partial charge on any atom is -0.459 e. The lowest BCUT2D eigenvalue weighted by atomic mass is 9.91. The van der Waals surface area contributed by atoms with E-state index in [-0.39, 0.29) is 31.3 Å². The molecule has 2 aliphatic heterocycles. The van der Waals surface area contributed by atoms with E-state index in [1.807, 2.05) is 50.2 Å². The Morgan fingerprint density at radius 3 is 1.89 bits per heavy atom. The zero-order valence-corrected chi connectivity index (χ0v) is 33.9. The largest absolute Gasteiger partial charge is 0.459 e. The third kappa shape index (κ3) is 10.7. The average Bonchev–Trinajstić information content (AvgIpc) is 3.55. The number of nitrogens with zero attached hydrogens (tertiary/aromatic N) is 2. The quantitative estimate of drug-likeness (QED) is 0.0770. The SMILES string of the molecule is CC(C)(CCO[Si](c1ccccc1)(c1ccccc1)C(C)(C)C)COS(=O)(=O)CCOC[C@@H]1C[C@H](N2C(=O)C=CC2=O)C(=O)N1CC(=O)OC(C)(C)C. The molecule has 12 nitrogen and oxygen atoms in total. The van der Waals surface area contributed by atoms with Crippen LogP contribution in [0.1, 0.15) is 68.2 Å². The number of ether oxygens (including phenoxy) is 2. The van der Waals surface area contributed by atoms with Crippen LogP contribution in [0.5, 0.6) is 0 Å². The van der Waals surface area contributed by atoms with Gasteiger partial charge in [-0.05, 0) is 48.0 Å². The molecule has 2 atom stereocenters. The van der Waals surface area contributed by atoms with Gasteiger partial charge in [-0.3, -0.25) is 28.3 Å². The van der Waals surface area contributed by atoms with E-state index in [2.05, 4.69) is 45.0 Å². The molecule has 2 heterocycles. The molecule has 0 unspecified atom stereocenters. The summed E-state index contributed by atoms with van der Waals surface area (Å²) in [4.78, 5) is 52.8. The molecule has 1 saturated heterocycles. The highest BCUT2D eigenvalue weighted by Crippen LogP contribution is 2.37. The maximum absolute atomic E-state index is 13.4. The van der Waals surface area contributed by atoms with Crippen LogP contribution in [0.3, 0.4) is 0 Å². The number of carbonyl (C=O) groups is 4. The topological polar surface area (TPSA) is 146 Å². The Balaban J connectivity index is 1.33. The van der Waals surface area contributed by atoms with Crippen molar-refractivity contribution in [1.82, 2.24) is 9.80 Å². The first-order chi connectivity index (χ1) is 24.7. The fraction of sp³-hybridized carbons (Fsp3) is 0.538. The molecule has 0 radical (unpaired) electrons. The van der Waals surface area contributed by atoms with E-state index in [0.29, 0.717) is 13.0 Å². The smallest absolute Gasteiger partial charge is 0.326 e. The predicted octanol–water partition coefficient (Wildman–Crippen LogP) is 3.58. The van der Waals surface area contributed by atoms with Crippen molar-refractivity contribution in [2.45, 2.75) is 91.0 Å². The maximum atomic E-state index is 13.4. The van der Waals surface area contributed by atoms with Crippen LogP contribution >= 0.6 is 0 Å². The molecule has 0 bridgehead atoms. The summed E-state index contributed by atoms with van der Waals surface area (Å²) in [6.45, 7) is 15.1. The first kappa shape index (κ1) is 42.1. The van der Waals surface area contributed by atoms with Gasteiger partial charge in [-0.2, -0.15) is 8.42 Å². The molecule has 0 spiro atoms. The van der Waals surface area contributed by atoms with Crippen LogP contribution in [-0.4, -0.2) is 107 Å². The Labute approximate surface area is 315 Å². The first-order valence-electron chi connectivity index (χ1n) is 17.9. The molecule has 0 aromatic heterocycles. The molecule has 2 aromatic rings. The molecule has 14 heteroatoms. The fourth-order valence-corrected chi connectivity index (χ4v) is 12.2. The molecular formula is C39H54N2O10SSi. The summed E-state index contributed by atoms with van der Waals surface area (Å²) >= 11 is 0. The fourth-order valence-electron chi connectivity index (χ4n) is 6.67. The molecule has 4 rings (SSSR count). The van der Waals surface area contributed by atoms with Gasteiger partial charge in [0.25, 0.3) is 30.2 Å². The lowest BCUT2D eigenvalue weighted by molar-refractivity contribution is -0.159. The average molecular weight is 771 g/mol. The number of carbonyl (C=O) groups excluding carboxylic acids is 4. The van der Waals surface area contributed by atoms with Crippen molar-refractivity contribution in [2.24, 2.45) is 5.41 Å². The van der Waals surface area contributed by atoms with Crippen molar-refractivity contribution < 1.29 is 45.7 Å². The van der Waals surface area contributed by atoms with Crippen molar-refractivity contribution in [3.05, 3.63) is 72.8 Å². The van der Waals surface area contributed by atoms with Gasteiger partial charge in [-0.25, -0.2) is 0 Å². The number of benzene rings is 2. The van der Waals surface area contributed by atoms with E-state index in [0.717, 1.165) is 27.4 Å². The third-order valence-corrected chi connectivity index (χ3v) is 15.5. The van der Waals surface area contributed by atoms with Crippen molar-refractivity contribution >= 4 is 52.5 Å². The van der Waals surface area contributed by atoms with Crippen molar-refractivity contribution in [3.63, 3.8) is 0 Å². The monoisotopic (exact) mass is 770 g/mol. The van der Waals surface area contributed by atoms with Gasteiger partial charge in [-0.1, -0.05) is 95.3 Å². The first-order valence-corrected chi connectivity index (χ1v) is 21.4. The highest BCUT2D eigenvalue weighted by Gasteiger charge is 2.50. The lowest BCUT2D eigenvalue weighted by Crippen LogP contribution is -2.66. The number of hydrogen-bond acceptors (Lipinski definition) is 10. The summed E-state index contributed by atoms with van der Waals surface area (Å²) in [5.41, 5.74) is -1.34. The standard InChI is InChI=1S/C39H54N2O10SSi/c1-37(2,3)51-35(44)26-40-29(25-32(36(40)45)41-33(42)19-20-34(41)43)27-48-23-24-52(46,47)49-28-39(7,8)21-22-50-53(38(4,5)6,30-15-11-9-12-16-30)31-17-13-10-14-18-31/h9-20,29,32H,21-28H2,1-8H3/t29-,32-/m0/s1. The molecule has 290 valence electrons. The van der Waals surface area contributed by atoms with E-state index in [1.165, 1.54) is 4.90 Å². The van der Waals surface area contributed by atoms with Crippen molar-refractivity contribution in [2.75, 3.05) is 38.7 Å². The second kappa shape index (κ2) is 16.8. The van der Waals surface area contributed by atoms with Crippen LogP contribution in [0.4, 0.5) is 0 Å². The number of hydrogen-bond donors (Lipinski definition) is 0. The van der Waals surface area contributed by atoms with Gasteiger partial charge in [0, 0.05) is 25.2 Å². The molecule has 0 aliphatic carbocycles. The molecule has 1 fully saturated rings. The van der Waals surface area contributed by atoms with E-state index < -0.39 is 77.5 Å². The van der Waals surface area contributed by atoms with Gasteiger partial charge >= 0.3 is 5.97 Å². The molecule has 2 aliphatic rings. The summed E-state index contributed by atoms with van der Waals surface area (Å²) in [5.74, 6) is -2.93. The van der Waals surface area contributed by atoms with Gasteiger partial charge < -0.3 is 18.8 Å². The summed E-state index contributed by atoms with van der Waals surface area (Å²) in [6, 6.07) is 18.8. The maximum Gasteiger partial charge on any atom is 0.326 e. The Morgan fingerprint density at radius 1 is 0.830 bits per heavy atom. The second-order valence-electron chi connectivity index (χ2n) is 16.4. The second-order valence-corrected chi connectivity index (χ2v) is 22.4.